The molecule has 0 amide bonds. The smallest absolute Gasteiger partial charge is 0.306 e. The Morgan fingerprint density at radius 1 is 0.274 bits per heavy atom. The second-order valence-electron chi connectivity index (χ2n) is 22.4. The van der Waals surface area contributed by atoms with Gasteiger partial charge in [-0.2, -0.15) is 0 Å². The van der Waals surface area contributed by atoms with E-state index in [0.29, 0.717) is 19.3 Å². The number of carbonyl (C=O) groups excluding carboxylic acids is 3. The van der Waals surface area contributed by atoms with Crippen molar-refractivity contribution in [3.8, 4) is 0 Å². The minimum atomic E-state index is -0.766. The molecule has 0 aliphatic rings. The van der Waals surface area contributed by atoms with Crippen molar-refractivity contribution >= 4 is 17.9 Å². The monoisotopic (exact) mass is 1030 g/mol. The van der Waals surface area contributed by atoms with E-state index in [-0.39, 0.29) is 31.1 Å². The van der Waals surface area contributed by atoms with Gasteiger partial charge in [0.05, 0.1) is 0 Å². The van der Waals surface area contributed by atoms with Crippen LogP contribution in [0.4, 0.5) is 0 Å². The van der Waals surface area contributed by atoms with Gasteiger partial charge in [0.1, 0.15) is 13.2 Å². The van der Waals surface area contributed by atoms with E-state index < -0.39 is 6.10 Å². The van der Waals surface area contributed by atoms with Crippen LogP contribution in [0, 0.1) is 0 Å². The minimum Gasteiger partial charge on any atom is -0.462 e. The van der Waals surface area contributed by atoms with Crippen LogP contribution >= 0.6 is 0 Å². The highest BCUT2D eigenvalue weighted by molar-refractivity contribution is 5.71. The van der Waals surface area contributed by atoms with Gasteiger partial charge in [0.2, 0.25) is 0 Å². The molecule has 0 radical (unpaired) electrons. The molecular formula is C67H126O6. The van der Waals surface area contributed by atoms with Crippen LogP contribution in [0.1, 0.15) is 367 Å². The maximum Gasteiger partial charge on any atom is 0.306 e. The van der Waals surface area contributed by atoms with Crippen LogP contribution < -0.4 is 0 Å². The molecule has 0 spiro atoms. The van der Waals surface area contributed by atoms with Crippen molar-refractivity contribution in [1.29, 1.82) is 0 Å². The molecule has 430 valence electrons. The van der Waals surface area contributed by atoms with E-state index in [2.05, 4.69) is 45.1 Å². The van der Waals surface area contributed by atoms with Gasteiger partial charge in [-0.1, -0.05) is 321 Å². The Morgan fingerprint density at radius 3 is 0.753 bits per heavy atom. The highest BCUT2D eigenvalue weighted by atomic mass is 16.6. The largest absolute Gasteiger partial charge is 0.462 e. The molecule has 0 heterocycles. The molecule has 6 nitrogen and oxygen atoms in total. The van der Waals surface area contributed by atoms with E-state index in [9.17, 15) is 14.4 Å². The second-order valence-corrected chi connectivity index (χ2v) is 22.4. The number of hydrogen-bond donors (Lipinski definition) is 0. The van der Waals surface area contributed by atoms with Gasteiger partial charge in [-0.05, 0) is 51.4 Å². The summed E-state index contributed by atoms with van der Waals surface area (Å²) in [5.41, 5.74) is 0. The zero-order chi connectivity index (χ0) is 52.9. The fourth-order valence-corrected chi connectivity index (χ4v) is 10.0. The Hall–Kier alpha value is -2.11. The van der Waals surface area contributed by atoms with Crippen molar-refractivity contribution in [2.45, 2.75) is 374 Å². The van der Waals surface area contributed by atoms with E-state index in [1.54, 1.807) is 0 Å². The molecule has 0 aliphatic heterocycles. The molecular weight excluding hydrogens is 901 g/mol. The highest BCUT2D eigenvalue weighted by Gasteiger charge is 2.19. The third-order valence-electron chi connectivity index (χ3n) is 15.0. The van der Waals surface area contributed by atoms with Crippen LogP contribution in [0.2, 0.25) is 0 Å². The molecule has 6 heteroatoms. The van der Waals surface area contributed by atoms with Crippen LogP contribution in [0.3, 0.4) is 0 Å². The average molecular weight is 1030 g/mol. The zero-order valence-corrected chi connectivity index (χ0v) is 49.4. The van der Waals surface area contributed by atoms with E-state index in [4.69, 9.17) is 14.2 Å². The Kier molecular flexibility index (Phi) is 60.6. The number of hydrogen-bond acceptors (Lipinski definition) is 6. The molecule has 0 aromatic carbocycles. The standard InChI is InChI=1S/C67H126O6/c1-4-7-10-13-16-19-22-25-27-29-31-32-33-34-35-36-37-39-40-42-45-48-51-54-57-60-66(69)72-63-64(62-71-65(68)59-56-53-50-47-44-24-21-18-15-12-9-6-3)73-67(70)61-58-55-52-49-46-43-41-38-30-28-26-23-20-17-14-11-8-5-2/h22,25,29,31,64H,4-21,23-24,26-28,30,32-63H2,1-3H3/b25-22-,31-29-. The lowest BCUT2D eigenvalue weighted by molar-refractivity contribution is -0.167. The third-order valence-corrected chi connectivity index (χ3v) is 15.0. The lowest BCUT2D eigenvalue weighted by Crippen LogP contribution is -2.30. The normalized spacial score (nSPS) is 12.1. The van der Waals surface area contributed by atoms with Crippen LogP contribution in [-0.2, 0) is 28.6 Å². The van der Waals surface area contributed by atoms with Gasteiger partial charge in [0, 0.05) is 19.3 Å². The Labute approximate surface area is 455 Å². The first-order valence-electron chi connectivity index (χ1n) is 32.8. The van der Waals surface area contributed by atoms with E-state index in [1.807, 2.05) is 0 Å². The Bertz CT molecular complexity index is 1180. The van der Waals surface area contributed by atoms with Gasteiger partial charge in [-0.3, -0.25) is 14.4 Å². The van der Waals surface area contributed by atoms with E-state index in [0.717, 1.165) is 64.2 Å². The van der Waals surface area contributed by atoms with Crippen molar-refractivity contribution in [3.05, 3.63) is 24.3 Å². The number of allylic oxidation sites excluding steroid dienone is 4. The summed E-state index contributed by atoms with van der Waals surface area (Å²) in [6.07, 6.45) is 74.7. The summed E-state index contributed by atoms with van der Waals surface area (Å²) in [5.74, 6) is -0.837. The molecule has 73 heavy (non-hydrogen) atoms. The van der Waals surface area contributed by atoms with Crippen molar-refractivity contribution in [2.24, 2.45) is 0 Å². The van der Waals surface area contributed by atoms with Gasteiger partial charge in [-0.25, -0.2) is 0 Å². The predicted molar refractivity (Wildman–Crippen MR) is 316 cm³/mol. The topological polar surface area (TPSA) is 78.9 Å². The van der Waals surface area contributed by atoms with Crippen molar-refractivity contribution in [2.75, 3.05) is 13.2 Å². The first kappa shape index (κ1) is 70.9. The maximum atomic E-state index is 12.9. The molecule has 0 saturated carbocycles. The van der Waals surface area contributed by atoms with Crippen LogP contribution in [-0.4, -0.2) is 37.2 Å². The number of rotatable bonds is 61. The van der Waals surface area contributed by atoms with Crippen LogP contribution in [0.5, 0.6) is 0 Å². The first-order chi connectivity index (χ1) is 36.0. The van der Waals surface area contributed by atoms with Gasteiger partial charge < -0.3 is 14.2 Å². The Morgan fingerprint density at radius 2 is 0.493 bits per heavy atom. The van der Waals surface area contributed by atoms with E-state index in [1.165, 1.54) is 263 Å². The maximum absolute atomic E-state index is 12.9. The molecule has 0 saturated heterocycles. The van der Waals surface area contributed by atoms with Gasteiger partial charge in [-0.15, -0.1) is 0 Å². The molecule has 0 fully saturated rings. The molecule has 0 aromatic rings. The summed E-state index contributed by atoms with van der Waals surface area (Å²) in [6.45, 7) is 6.70. The second kappa shape index (κ2) is 62.4. The minimum absolute atomic E-state index is 0.0646. The summed E-state index contributed by atoms with van der Waals surface area (Å²) in [5, 5.41) is 0. The SMILES string of the molecule is CCCCCCC/C=C\C/C=C\CCCCCCCCCCCCCCCC(=O)OCC(COC(=O)CCCCCCCCCCCCCC)OC(=O)CCCCCCCCCCCCCCCCCCCC. The molecule has 0 aliphatic carbocycles. The quantitative estimate of drug-likeness (QED) is 0.0261. The fourth-order valence-electron chi connectivity index (χ4n) is 10.0. The summed E-state index contributed by atoms with van der Waals surface area (Å²) in [4.78, 5) is 38.3. The zero-order valence-electron chi connectivity index (χ0n) is 49.4. The number of unbranched alkanes of at least 4 members (excludes halogenated alkanes) is 46. The number of carbonyl (C=O) groups is 3. The summed E-state index contributed by atoms with van der Waals surface area (Å²) < 4.78 is 16.9. The Balaban J connectivity index is 4.21. The highest BCUT2D eigenvalue weighted by Crippen LogP contribution is 2.18. The molecule has 0 aromatic heterocycles. The van der Waals surface area contributed by atoms with Crippen LogP contribution in [0.15, 0.2) is 24.3 Å². The third kappa shape index (κ3) is 60.6. The molecule has 0 rings (SSSR count). The van der Waals surface area contributed by atoms with Crippen molar-refractivity contribution in [3.63, 3.8) is 0 Å². The molecule has 1 atom stereocenters. The lowest BCUT2D eigenvalue weighted by atomic mass is 10.0. The summed E-state index contributed by atoms with van der Waals surface area (Å²) >= 11 is 0. The van der Waals surface area contributed by atoms with Crippen molar-refractivity contribution < 1.29 is 28.6 Å². The average Bonchev–Trinajstić information content (AvgIpc) is 3.39. The molecule has 0 bridgehead atoms. The fraction of sp³-hybridized carbons (Fsp3) is 0.896. The predicted octanol–water partition coefficient (Wildman–Crippen LogP) is 22.2. The summed E-state index contributed by atoms with van der Waals surface area (Å²) in [7, 11) is 0. The van der Waals surface area contributed by atoms with Crippen molar-refractivity contribution in [1.82, 2.24) is 0 Å². The lowest BCUT2D eigenvalue weighted by Gasteiger charge is -2.18. The van der Waals surface area contributed by atoms with Gasteiger partial charge in [0.15, 0.2) is 6.10 Å². The van der Waals surface area contributed by atoms with Gasteiger partial charge >= 0.3 is 17.9 Å². The molecule has 0 N–H and O–H groups in total. The van der Waals surface area contributed by atoms with Crippen LogP contribution in [0.25, 0.3) is 0 Å². The number of ether oxygens (including phenoxy) is 3. The number of esters is 3. The van der Waals surface area contributed by atoms with Gasteiger partial charge in [0.25, 0.3) is 0 Å². The van der Waals surface area contributed by atoms with E-state index >= 15 is 0 Å². The summed E-state index contributed by atoms with van der Waals surface area (Å²) in [6, 6.07) is 0. The molecule has 1 unspecified atom stereocenters. The first-order valence-corrected chi connectivity index (χ1v) is 32.8.